The third-order valence-electron chi connectivity index (χ3n) is 10.9. The zero-order chi connectivity index (χ0) is 38.1. The Morgan fingerprint density at radius 2 is 1.95 bits per heavy atom. The molecule has 0 spiro atoms. The number of benzene rings is 1. The summed E-state index contributed by atoms with van der Waals surface area (Å²) in [5.74, 6) is -0.734. The van der Waals surface area contributed by atoms with Crippen LogP contribution in [0.3, 0.4) is 0 Å². The molecular formula is C40H59N7O6S5. The van der Waals surface area contributed by atoms with Crippen molar-refractivity contribution in [2.75, 3.05) is 40.5 Å². The number of likely N-dealkylation sites (N-methyl/N-ethyl adjacent to an activating group) is 1. The van der Waals surface area contributed by atoms with E-state index in [0.29, 0.717) is 44.0 Å². The molecule has 3 aliphatic rings. The number of aromatic nitrogens is 3. The number of fused-ring (bicyclic) bond motifs is 6. The number of rotatable bonds is 6. The van der Waals surface area contributed by atoms with Crippen LogP contribution in [0.4, 0.5) is 4.79 Å². The van der Waals surface area contributed by atoms with Crippen molar-refractivity contribution in [3.8, 4) is 22.5 Å². The topological polar surface area (TPSA) is 140 Å². The second-order valence-corrected chi connectivity index (χ2v) is 16.3. The molecule has 0 aliphatic carbocycles. The zero-order valence-electron chi connectivity index (χ0n) is 34.0. The van der Waals surface area contributed by atoms with Gasteiger partial charge in [0.05, 0.1) is 47.4 Å². The van der Waals surface area contributed by atoms with Gasteiger partial charge in [0.1, 0.15) is 12.1 Å². The normalized spacial score (nSPS) is 20.9. The van der Waals surface area contributed by atoms with Crippen LogP contribution in [0.5, 0.6) is 0 Å². The van der Waals surface area contributed by atoms with E-state index in [1.807, 2.05) is 18.4 Å². The molecule has 0 saturated carbocycles. The summed E-state index contributed by atoms with van der Waals surface area (Å²) in [6.07, 6.45) is 4.25. The fraction of sp³-hybridized carbons (Fsp3) is 0.525. The molecule has 18 heteroatoms. The van der Waals surface area contributed by atoms with Crippen LogP contribution in [-0.2, 0) is 43.2 Å². The molecule has 320 valence electrons. The highest BCUT2D eigenvalue weighted by Gasteiger charge is 2.36. The molecule has 0 unspecified atom stereocenters. The molecule has 13 nitrogen and oxygen atoms in total. The SMILES string of the molecule is CCn1c(-c2cccnc2[C@H](C)OC)c2c3cc(ccc31)-c1csc(n1)C[C@H](NC(=O)N(C)[C@H]1CCOC1)C(=O)N1CCC[C@H](N1)C(=O)OCC(C)(C)C2.S.S.S.S. The number of ether oxygens (including phenoxy) is 3. The van der Waals surface area contributed by atoms with E-state index >= 15 is 0 Å². The van der Waals surface area contributed by atoms with Crippen LogP contribution in [0.25, 0.3) is 33.4 Å². The highest BCUT2D eigenvalue weighted by Crippen LogP contribution is 2.42. The first-order chi connectivity index (χ1) is 26.0. The molecule has 4 atom stereocenters. The first-order valence-electron chi connectivity index (χ1n) is 18.9. The van der Waals surface area contributed by atoms with Gasteiger partial charge in [0.25, 0.3) is 5.91 Å². The maximum atomic E-state index is 14.2. The van der Waals surface area contributed by atoms with Crippen molar-refractivity contribution in [1.82, 2.24) is 35.2 Å². The number of aryl methyl sites for hydroxylation is 1. The van der Waals surface area contributed by atoms with Crippen LogP contribution >= 0.6 is 65.3 Å². The molecule has 2 fully saturated rings. The summed E-state index contributed by atoms with van der Waals surface area (Å²) in [5.41, 5.74) is 9.57. The molecule has 2 N–H and O–H groups in total. The number of esters is 1. The van der Waals surface area contributed by atoms with E-state index in [9.17, 15) is 14.4 Å². The maximum Gasteiger partial charge on any atom is 0.324 e. The van der Waals surface area contributed by atoms with Crippen molar-refractivity contribution in [2.24, 2.45) is 5.41 Å². The largest absolute Gasteiger partial charge is 0.464 e. The predicted molar refractivity (Wildman–Crippen MR) is 248 cm³/mol. The fourth-order valence-corrected chi connectivity index (χ4v) is 8.66. The van der Waals surface area contributed by atoms with Crippen molar-refractivity contribution in [1.29, 1.82) is 0 Å². The van der Waals surface area contributed by atoms with E-state index in [-0.39, 0.29) is 91.1 Å². The lowest BCUT2D eigenvalue weighted by Gasteiger charge is -2.36. The lowest BCUT2D eigenvalue weighted by atomic mass is 9.84. The maximum absolute atomic E-state index is 14.2. The number of thiazole rings is 1. The number of carbonyl (C=O) groups excluding carboxylic acids is 3. The highest BCUT2D eigenvalue weighted by atomic mass is 32.1. The van der Waals surface area contributed by atoms with Gasteiger partial charge in [-0.1, -0.05) is 19.9 Å². The van der Waals surface area contributed by atoms with E-state index < -0.39 is 23.5 Å². The molecule has 4 aromatic rings. The summed E-state index contributed by atoms with van der Waals surface area (Å²) in [5, 5.41) is 8.27. The van der Waals surface area contributed by atoms with E-state index in [1.165, 1.54) is 16.3 Å². The van der Waals surface area contributed by atoms with Gasteiger partial charge < -0.3 is 29.0 Å². The zero-order valence-corrected chi connectivity index (χ0v) is 38.8. The molecule has 3 amide bonds. The summed E-state index contributed by atoms with van der Waals surface area (Å²) in [6, 6.07) is 8.46. The van der Waals surface area contributed by atoms with Crippen molar-refractivity contribution >= 4 is 94.1 Å². The molecule has 1 aromatic carbocycles. The number of hydrazine groups is 1. The van der Waals surface area contributed by atoms with Crippen LogP contribution in [0.1, 0.15) is 69.3 Å². The molecule has 6 heterocycles. The van der Waals surface area contributed by atoms with E-state index in [0.717, 1.165) is 57.6 Å². The van der Waals surface area contributed by atoms with Crippen LogP contribution in [0.2, 0.25) is 0 Å². The third-order valence-corrected chi connectivity index (χ3v) is 11.8. The highest BCUT2D eigenvalue weighted by molar-refractivity contribution is 7.59. The van der Waals surface area contributed by atoms with Crippen LogP contribution < -0.4 is 10.7 Å². The number of methoxy groups -OCH3 is 1. The summed E-state index contributed by atoms with van der Waals surface area (Å²) in [4.78, 5) is 52.8. The van der Waals surface area contributed by atoms with Crippen molar-refractivity contribution in [2.45, 2.75) is 90.6 Å². The van der Waals surface area contributed by atoms with Gasteiger partial charge in [-0.15, -0.1) is 11.3 Å². The Morgan fingerprint density at radius 1 is 1.17 bits per heavy atom. The third kappa shape index (κ3) is 10.3. The van der Waals surface area contributed by atoms with Crippen molar-refractivity contribution in [3.63, 3.8) is 0 Å². The van der Waals surface area contributed by atoms with Gasteiger partial charge in [0.2, 0.25) is 0 Å². The minimum Gasteiger partial charge on any atom is -0.464 e. The number of hydrogen-bond acceptors (Lipinski definition) is 10. The summed E-state index contributed by atoms with van der Waals surface area (Å²) in [6.45, 7) is 10.7. The Bertz CT molecular complexity index is 2040. The summed E-state index contributed by atoms with van der Waals surface area (Å²) >= 11 is 1.46. The quantitative estimate of drug-likeness (QED) is 0.224. The van der Waals surface area contributed by atoms with E-state index in [1.54, 1.807) is 25.3 Å². The molecule has 3 aliphatic heterocycles. The lowest BCUT2D eigenvalue weighted by molar-refractivity contribution is -0.155. The lowest BCUT2D eigenvalue weighted by Crippen LogP contribution is -2.61. The fourth-order valence-electron chi connectivity index (χ4n) is 7.81. The van der Waals surface area contributed by atoms with Crippen molar-refractivity contribution in [3.05, 3.63) is 58.2 Å². The predicted octanol–water partition coefficient (Wildman–Crippen LogP) is 5.97. The first kappa shape index (κ1) is 49.4. The van der Waals surface area contributed by atoms with Crippen LogP contribution in [-0.4, -0.2) is 101 Å². The summed E-state index contributed by atoms with van der Waals surface area (Å²) < 4.78 is 19.7. The van der Waals surface area contributed by atoms with Gasteiger partial charge in [-0.3, -0.25) is 19.6 Å². The van der Waals surface area contributed by atoms with E-state index in [2.05, 4.69) is 60.3 Å². The number of amides is 3. The molecule has 0 radical (unpaired) electrons. The average molecular weight is 894 g/mol. The number of cyclic esters (lactones) is 1. The van der Waals surface area contributed by atoms with Crippen molar-refractivity contribution < 1.29 is 28.6 Å². The Balaban J connectivity index is 0.00000225. The second kappa shape index (κ2) is 21.0. The molecule has 3 aromatic heterocycles. The van der Waals surface area contributed by atoms with Gasteiger partial charge >= 0.3 is 12.0 Å². The molecule has 6 bridgehead atoms. The van der Waals surface area contributed by atoms with Crippen LogP contribution in [0, 0.1) is 5.41 Å². The van der Waals surface area contributed by atoms with Gasteiger partial charge in [-0.05, 0) is 69.4 Å². The molecule has 2 saturated heterocycles. The molecule has 58 heavy (non-hydrogen) atoms. The van der Waals surface area contributed by atoms with Crippen LogP contribution in [0.15, 0.2) is 41.9 Å². The standard InChI is InChI=1S/C40H51N7O6S.4H2S/c1-7-46-33-13-12-25-18-28(33)29(36(46)27-10-8-15-41-35(27)24(2)51-6)20-40(3,4)23-53-38(49)30-11-9-16-47(44-30)37(48)31(19-34-42-32(25)22-54-34)43-39(50)45(5)26-14-17-52-21-26;;;;/h8,10,12-13,15,18,22,24,26,30-31,44H,7,9,11,14,16-17,19-21,23H2,1-6H3,(H,43,50);4*1H2/t24-,26-,30-,31-;;;;/m0..../s1. The Labute approximate surface area is 373 Å². The van der Waals surface area contributed by atoms with E-state index in [4.69, 9.17) is 24.2 Å². The number of urea groups is 1. The first-order valence-corrected chi connectivity index (χ1v) is 19.8. The number of carbonyl (C=O) groups is 3. The molecular weight excluding hydrogens is 835 g/mol. The summed E-state index contributed by atoms with van der Waals surface area (Å²) in [7, 11) is 3.42. The minimum absolute atomic E-state index is 0. The Morgan fingerprint density at radius 3 is 2.66 bits per heavy atom. The monoisotopic (exact) mass is 893 g/mol. The Kier molecular flexibility index (Phi) is 17.9. The van der Waals surface area contributed by atoms with Gasteiger partial charge in [0, 0.05) is 79.3 Å². The Hall–Kier alpha value is -2.97. The van der Waals surface area contributed by atoms with Gasteiger partial charge in [-0.25, -0.2) is 15.2 Å². The number of pyridine rings is 1. The number of hydrogen-bond donors (Lipinski definition) is 2. The average Bonchev–Trinajstić information content (AvgIpc) is 3.95. The smallest absolute Gasteiger partial charge is 0.324 e. The van der Waals surface area contributed by atoms with Gasteiger partial charge in [0.15, 0.2) is 0 Å². The molecule has 7 rings (SSSR count). The van der Waals surface area contributed by atoms with Gasteiger partial charge in [-0.2, -0.15) is 54.0 Å². The second-order valence-electron chi connectivity index (χ2n) is 15.3. The minimum atomic E-state index is -0.917. The number of nitrogens with zero attached hydrogens (tertiary/aromatic N) is 5. The number of nitrogens with one attached hydrogen (secondary N) is 2.